The summed E-state index contributed by atoms with van der Waals surface area (Å²) in [4.78, 5) is 22.5. The van der Waals surface area contributed by atoms with Crippen molar-refractivity contribution in [1.29, 1.82) is 0 Å². The van der Waals surface area contributed by atoms with Gasteiger partial charge in [-0.1, -0.05) is 6.07 Å². The Labute approximate surface area is 115 Å². The molecule has 0 amide bonds. The molecule has 0 aromatic heterocycles. The van der Waals surface area contributed by atoms with Gasteiger partial charge in [-0.25, -0.2) is 0 Å². The monoisotopic (exact) mass is 290 g/mol. The van der Waals surface area contributed by atoms with Crippen molar-refractivity contribution in [3.63, 3.8) is 0 Å². The first-order chi connectivity index (χ1) is 8.40. The number of hydrogen-bond acceptors (Lipinski definition) is 4. The maximum atomic E-state index is 11.3. The van der Waals surface area contributed by atoms with E-state index >= 15 is 0 Å². The molecule has 0 fully saturated rings. The number of esters is 2. The van der Waals surface area contributed by atoms with Crippen LogP contribution in [0.2, 0.25) is 0 Å². The molecule has 0 aliphatic heterocycles. The Morgan fingerprint density at radius 2 is 1.39 bits per heavy atom. The van der Waals surface area contributed by atoms with Crippen LogP contribution in [0.5, 0.6) is 11.5 Å². The highest BCUT2D eigenvalue weighted by molar-refractivity contribution is 6.30. The Balaban J connectivity index is 2.74. The Hall–Kier alpha value is -1.26. The maximum absolute atomic E-state index is 11.3. The van der Waals surface area contributed by atoms with Gasteiger partial charge in [-0.3, -0.25) is 9.59 Å². The first-order valence-electron chi connectivity index (χ1n) is 5.21. The predicted molar refractivity (Wildman–Crippen MR) is 68.3 cm³/mol. The van der Waals surface area contributed by atoms with Crippen molar-refractivity contribution in [2.45, 2.75) is 24.6 Å². The zero-order valence-corrected chi connectivity index (χ0v) is 11.4. The van der Waals surface area contributed by atoms with E-state index in [-0.39, 0.29) is 11.5 Å². The van der Waals surface area contributed by atoms with Crippen molar-refractivity contribution in [3.05, 3.63) is 24.3 Å². The van der Waals surface area contributed by atoms with E-state index < -0.39 is 22.7 Å². The average Bonchev–Trinajstić information content (AvgIpc) is 2.29. The molecule has 0 bridgehead atoms. The van der Waals surface area contributed by atoms with Gasteiger partial charge >= 0.3 is 11.9 Å². The molecule has 1 aromatic rings. The third kappa shape index (κ3) is 4.55. The van der Waals surface area contributed by atoms with Gasteiger partial charge in [-0.15, -0.1) is 23.2 Å². The van der Waals surface area contributed by atoms with Crippen molar-refractivity contribution < 1.29 is 19.1 Å². The highest BCUT2D eigenvalue weighted by atomic mass is 35.5. The highest BCUT2D eigenvalue weighted by Gasteiger charge is 2.14. The maximum Gasteiger partial charge on any atom is 0.329 e. The lowest BCUT2D eigenvalue weighted by molar-refractivity contribution is -0.134. The summed E-state index contributed by atoms with van der Waals surface area (Å²) in [6, 6.07) is 6.11. The van der Waals surface area contributed by atoms with Gasteiger partial charge in [0.1, 0.15) is 22.3 Å². The summed E-state index contributed by atoms with van der Waals surface area (Å²) in [5.41, 5.74) is 0. The van der Waals surface area contributed by atoms with Crippen LogP contribution in [0, 0.1) is 0 Å². The standard InChI is InChI=1S/C12H12Cl2O4/c1-7(13)11(15)17-9-4-3-5-10(6-9)18-12(16)8(2)14/h3-8H,1-2H3. The molecule has 0 aliphatic carbocycles. The summed E-state index contributed by atoms with van der Waals surface area (Å²) < 4.78 is 9.93. The molecule has 2 unspecified atom stereocenters. The lowest BCUT2D eigenvalue weighted by Crippen LogP contribution is -2.18. The van der Waals surface area contributed by atoms with Crippen molar-refractivity contribution in [1.82, 2.24) is 0 Å². The number of carbonyl (C=O) groups excluding carboxylic acids is 2. The third-order valence-corrected chi connectivity index (χ3v) is 2.25. The van der Waals surface area contributed by atoms with Crippen LogP contribution in [0.3, 0.4) is 0 Å². The number of hydrogen-bond donors (Lipinski definition) is 0. The molecular formula is C12H12Cl2O4. The lowest BCUT2D eigenvalue weighted by atomic mass is 10.3. The number of halogens is 2. The van der Waals surface area contributed by atoms with Gasteiger partial charge in [-0.2, -0.15) is 0 Å². The largest absolute Gasteiger partial charge is 0.425 e. The number of alkyl halides is 2. The van der Waals surface area contributed by atoms with Crippen molar-refractivity contribution in [2.75, 3.05) is 0 Å². The zero-order chi connectivity index (χ0) is 13.7. The van der Waals surface area contributed by atoms with Crippen LogP contribution >= 0.6 is 23.2 Å². The Morgan fingerprint density at radius 3 is 1.72 bits per heavy atom. The molecule has 2 atom stereocenters. The van der Waals surface area contributed by atoms with Crippen molar-refractivity contribution in [3.8, 4) is 11.5 Å². The van der Waals surface area contributed by atoms with E-state index in [9.17, 15) is 9.59 Å². The van der Waals surface area contributed by atoms with Crippen LogP contribution in [-0.2, 0) is 9.59 Å². The second kappa shape index (κ2) is 6.61. The normalized spacial score (nSPS) is 13.6. The van der Waals surface area contributed by atoms with Gasteiger partial charge in [-0.05, 0) is 26.0 Å². The number of ether oxygens (including phenoxy) is 2. The van der Waals surface area contributed by atoms with Crippen LogP contribution in [0.25, 0.3) is 0 Å². The van der Waals surface area contributed by atoms with Crippen LogP contribution in [0.15, 0.2) is 24.3 Å². The molecule has 1 rings (SSSR count). The molecule has 4 nitrogen and oxygen atoms in total. The van der Waals surface area contributed by atoms with E-state index in [1.807, 2.05) is 0 Å². The second-order valence-corrected chi connectivity index (χ2v) is 4.86. The lowest BCUT2D eigenvalue weighted by Gasteiger charge is -2.08. The molecule has 0 saturated heterocycles. The molecule has 0 spiro atoms. The Kier molecular flexibility index (Phi) is 5.44. The summed E-state index contributed by atoms with van der Waals surface area (Å²) in [7, 11) is 0. The summed E-state index contributed by atoms with van der Waals surface area (Å²) in [6.45, 7) is 3.01. The van der Waals surface area contributed by atoms with Crippen LogP contribution < -0.4 is 9.47 Å². The second-order valence-electron chi connectivity index (χ2n) is 3.55. The highest BCUT2D eigenvalue weighted by Crippen LogP contribution is 2.21. The fraction of sp³-hybridized carbons (Fsp3) is 0.333. The topological polar surface area (TPSA) is 52.6 Å². The Morgan fingerprint density at radius 1 is 1.00 bits per heavy atom. The SMILES string of the molecule is CC(Cl)C(=O)Oc1cccc(OC(=O)C(C)Cl)c1. The molecular weight excluding hydrogens is 279 g/mol. The number of rotatable bonds is 4. The molecule has 1 aromatic carbocycles. The molecule has 0 aliphatic rings. The molecule has 18 heavy (non-hydrogen) atoms. The van der Waals surface area contributed by atoms with Crippen LogP contribution in [0.4, 0.5) is 0 Å². The van der Waals surface area contributed by atoms with Gasteiger partial charge in [0.2, 0.25) is 0 Å². The van der Waals surface area contributed by atoms with Gasteiger partial charge in [0.05, 0.1) is 0 Å². The molecule has 6 heteroatoms. The zero-order valence-electron chi connectivity index (χ0n) is 9.85. The minimum Gasteiger partial charge on any atom is -0.425 e. The van der Waals surface area contributed by atoms with E-state index in [0.29, 0.717) is 0 Å². The Bertz CT molecular complexity index is 406. The van der Waals surface area contributed by atoms with Gasteiger partial charge in [0, 0.05) is 6.07 Å². The molecule has 98 valence electrons. The minimum atomic E-state index is -0.751. The van der Waals surface area contributed by atoms with E-state index in [2.05, 4.69) is 0 Å². The van der Waals surface area contributed by atoms with Gasteiger partial charge in [0.15, 0.2) is 0 Å². The van der Waals surface area contributed by atoms with Crippen molar-refractivity contribution in [2.24, 2.45) is 0 Å². The van der Waals surface area contributed by atoms with Gasteiger partial charge < -0.3 is 9.47 Å². The third-order valence-electron chi connectivity index (χ3n) is 1.89. The fourth-order valence-electron chi connectivity index (χ4n) is 0.996. The minimum absolute atomic E-state index is 0.250. The summed E-state index contributed by atoms with van der Waals surface area (Å²) in [5.74, 6) is -0.656. The van der Waals surface area contributed by atoms with Crippen LogP contribution in [0.1, 0.15) is 13.8 Å². The quantitative estimate of drug-likeness (QED) is 0.486. The number of carbonyl (C=O) groups is 2. The van der Waals surface area contributed by atoms with Crippen molar-refractivity contribution >= 4 is 35.1 Å². The smallest absolute Gasteiger partial charge is 0.329 e. The van der Waals surface area contributed by atoms with E-state index in [1.54, 1.807) is 18.2 Å². The molecule has 0 saturated carbocycles. The summed E-state index contributed by atoms with van der Waals surface area (Å²) in [5, 5.41) is -1.50. The van der Waals surface area contributed by atoms with E-state index in [0.717, 1.165) is 0 Å². The summed E-state index contributed by atoms with van der Waals surface area (Å²) >= 11 is 11.1. The summed E-state index contributed by atoms with van der Waals surface area (Å²) in [6.07, 6.45) is 0. The van der Waals surface area contributed by atoms with Crippen LogP contribution in [-0.4, -0.2) is 22.7 Å². The molecule has 0 heterocycles. The average molecular weight is 291 g/mol. The van der Waals surface area contributed by atoms with E-state index in [1.165, 1.54) is 19.9 Å². The number of benzene rings is 1. The fourth-order valence-corrected chi connectivity index (χ4v) is 1.08. The first-order valence-corrected chi connectivity index (χ1v) is 6.09. The predicted octanol–water partition coefficient (Wildman–Crippen LogP) is 2.75. The molecule has 0 radical (unpaired) electrons. The molecule has 0 N–H and O–H groups in total. The van der Waals surface area contributed by atoms with E-state index in [4.69, 9.17) is 32.7 Å². The first kappa shape index (κ1) is 14.8. The van der Waals surface area contributed by atoms with Gasteiger partial charge in [0.25, 0.3) is 0 Å².